The van der Waals surface area contributed by atoms with E-state index in [1.807, 2.05) is 0 Å². The summed E-state index contributed by atoms with van der Waals surface area (Å²) < 4.78 is 14.4. The molecule has 0 aromatic rings. The summed E-state index contributed by atoms with van der Waals surface area (Å²) in [7, 11) is -4.42. The van der Waals surface area contributed by atoms with Crippen molar-refractivity contribution in [3.05, 3.63) is 0 Å². The standard InChI is InChI=1S/C5H10Cl3O4P/c6-4(1-2-5(7)8)3-12-13(9,10)11/h4-5H,1-3H2,(H2,9,10,11). The molecule has 13 heavy (non-hydrogen) atoms. The first kappa shape index (κ1) is 14.0. The van der Waals surface area contributed by atoms with Crippen LogP contribution in [0.25, 0.3) is 0 Å². The molecule has 2 N–H and O–H groups in total. The van der Waals surface area contributed by atoms with E-state index in [1.54, 1.807) is 0 Å². The number of phosphoric acid groups is 1. The van der Waals surface area contributed by atoms with Gasteiger partial charge in [0.1, 0.15) is 4.84 Å². The highest BCUT2D eigenvalue weighted by Crippen LogP contribution is 2.36. The molecule has 0 saturated heterocycles. The third kappa shape index (κ3) is 10.9. The molecular formula is C5H10Cl3O4P. The summed E-state index contributed by atoms with van der Waals surface area (Å²) in [5, 5.41) is -0.493. The van der Waals surface area contributed by atoms with Crippen molar-refractivity contribution in [2.45, 2.75) is 23.1 Å². The molecular weight excluding hydrogens is 261 g/mol. The van der Waals surface area contributed by atoms with Gasteiger partial charge in [0.2, 0.25) is 0 Å². The second kappa shape index (κ2) is 6.46. The van der Waals surface area contributed by atoms with Crippen LogP contribution in [0.3, 0.4) is 0 Å². The van der Waals surface area contributed by atoms with Crippen molar-refractivity contribution in [3.63, 3.8) is 0 Å². The van der Waals surface area contributed by atoms with Crippen LogP contribution in [0.2, 0.25) is 0 Å². The number of alkyl halides is 3. The molecule has 0 aliphatic heterocycles. The van der Waals surface area contributed by atoms with Gasteiger partial charge in [-0.1, -0.05) is 0 Å². The quantitative estimate of drug-likeness (QED) is 0.574. The smallest absolute Gasteiger partial charge is 0.303 e. The summed E-state index contributed by atoms with van der Waals surface area (Å²) in [6.07, 6.45) is 0.904. The van der Waals surface area contributed by atoms with Gasteiger partial charge in [0.15, 0.2) is 0 Å². The van der Waals surface area contributed by atoms with Crippen molar-refractivity contribution < 1.29 is 18.9 Å². The molecule has 0 amide bonds. The fourth-order valence-electron chi connectivity index (χ4n) is 0.568. The van der Waals surface area contributed by atoms with Gasteiger partial charge in [-0.3, -0.25) is 4.52 Å². The van der Waals surface area contributed by atoms with E-state index in [4.69, 9.17) is 44.6 Å². The first-order valence-corrected chi connectivity index (χ1v) is 6.27. The fourth-order valence-corrected chi connectivity index (χ4v) is 1.47. The Morgan fingerprint density at radius 1 is 1.23 bits per heavy atom. The molecule has 0 bridgehead atoms. The Kier molecular flexibility index (Phi) is 6.95. The second-order valence-electron chi connectivity index (χ2n) is 2.35. The largest absolute Gasteiger partial charge is 0.469 e. The van der Waals surface area contributed by atoms with Gasteiger partial charge in [0.25, 0.3) is 0 Å². The van der Waals surface area contributed by atoms with Crippen molar-refractivity contribution in [1.29, 1.82) is 0 Å². The van der Waals surface area contributed by atoms with E-state index >= 15 is 0 Å². The van der Waals surface area contributed by atoms with Gasteiger partial charge in [-0.25, -0.2) is 4.57 Å². The molecule has 4 nitrogen and oxygen atoms in total. The summed E-state index contributed by atoms with van der Waals surface area (Å²) >= 11 is 16.5. The number of halogens is 3. The molecule has 1 atom stereocenters. The molecule has 80 valence electrons. The Hall–Kier alpha value is 0.980. The van der Waals surface area contributed by atoms with Gasteiger partial charge in [-0.15, -0.1) is 34.8 Å². The van der Waals surface area contributed by atoms with E-state index < -0.39 is 18.0 Å². The highest BCUT2D eigenvalue weighted by atomic mass is 35.5. The van der Waals surface area contributed by atoms with E-state index in [0.717, 1.165) is 0 Å². The van der Waals surface area contributed by atoms with Crippen LogP contribution in [-0.4, -0.2) is 26.6 Å². The van der Waals surface area contributed by atoms with Crippen LogP contribution in [0, 0.1) is 0 Å². The minimum Gasteiger partial charge on any atom is -0.303 e. The molecule has 0 aromatic heterocycles. The van der Waals surface area contributed by atoms with Crippen molar-refractivity contribution in [3.8, 4) is 0 Å². The monoisotopic (exact) mass is 270 g/mol. The topological polar surface area (TPSA) is 66.8 Å². The lowest BCUT2D eigenvalue weighted by Gasteiger charge is -2.10. The molecule has 0 saturated carbocycles. The minimum atomic E-state index is -4.42. The van der Waals surface area contributed by atoms with Gasteiger partial charge in [0.05, 0.1) is 12.0 Å². The summed E-state index contributed by atoms with van der Waals surface area (Å²) in [5.74, 6) is 0. The first-order valence-electron chi connectivity index (χ1n) is 3.43. The lowest BCUT2D eigenvalue weighted by Crippen LogP contribution is -2.09. The van der Waals surface area contributed by atoms with Crippen molar-refractivity contribution >= 4 is 42.6 Å². The van der Waals surface area contributed by atoms with E-state index in [0.29, 0.717) is 12.8 Å². The average Bonchev–Trinajstić information content (AvgIpc) is 1.95. The van der Waals surface area contributed by atoms with Gasteiger partial charge in [-0.05, 0) is 12.8 Å². The lowest BCUT2D eigenvalue weighted by atomic mass is 10.2. The van der Waals surface area contributed by atoms with Crippen LogP contribution in [0.15, 0.2) is 0 Å². The van der Waals surface area contributed by atoms with E-state index in [-0.39, 0.29) is 6.61 Å². The number of hydrogen-bond acceptors (Lipinski definition) is 2. The normalized spacial score (nSPS) is 14.9. The Balaban J connectivity index is 3.52. The summed E-state index contributed by atoms with van der Waals surface area (Å²) in [5.41, 5.74) is 0. The van der Waals surface area contributed by atoms with E-state index in [1.165, 1.54) is 0 Å². The first-order chi connectivity index (χ1) is 5.81. The van der Waals surface area contributed by atoms with Crippen LogP contribution >= 0.6 is 42.6 Å². The fraction of sp³-hybridized carbons (Fsp3) is 1.00. The summed E-state index contributed by atoms with van der Waals surface area (Å²) in [6, 6.07) is 0. The van der Waals surface area contributed by atoms with Crippen LogP contribution in [0.5, 0.6) is 0 Å². The summed E-state index contributed by atoms with van der Waals surface area (Å²) in [4.78, 5) is 16.1. The van der Waals surface area contributed by atoms with Gasteiger partial charge < -0.3 is 9.79 Å². The lowest BCUT2D eigenvalue weighted by molar-refractivity contribution is 0.195. The van der Waals surface area contributed by atoms with Gasteiger partial charge >= 0.3 is 7.82 Å². The minimum absolute atomic E-state index is 0.216. The predicted octanol–water partition coefficient (Wildman–Crippen LogP) is 2.29. The molecule has 0 rings (SSSR count). The number of phosphoric ester groups is 1. The predicted molar refractivity (Wildman–Crippen MR) is 52.4 cm³/mol. The number of hydrogen-bond donors (Lipinski definition) is 2. The Morgan fingerprint density at radius 3 is 2.15 bits per heavy atom. The zero-order valence-electron chi connectivity index (χ0n) is 6.57. The van der Waals surface area contributed by atoms with Gasteiger partial charge in [0, 0.05) is 0 Å². The van der Waals surface area contributed by atoms with Crippen molar-refractivity contribution in [2.75, 3.05) is 6.61 Å². The maximum Gasteiger partial charge on any atom is 0.469 e. The molecule has 0 fully saturated rings. The second-order valence-corrected chi connectivity index (χ2v) is 5.49. The van der Waals surface area contributed by atoms with Crippen LogP contribution in [-0.2, 0) is 9.09 Å². The number of rotatable bonds is 6. The zero-order valence-corrected chi connectivity index (χ0v) is 9.73. The van der Waals surface area contributed by atoms with E-state index in [9.17, 15) is 4.57 Å². The van der Waals surface area contributed by atoms with Crippen LogP contribution in [0.1, 0.15) is 12.8 Å². The molecule has 0 aliphatic carbocycles. The zero-order chi connectivity index (χ0) is 10.5. The molecule has 0 aromatic carbocycles. The molecule has 0 radical (unpaired) electrons. The maximum atomic E-state index is 10.2. The molecule has 0 aliphatic rings. The SMILES string of the molecule is O=P(O)(O)OCC(Cl)CCC(Cl)Cl. The molecule has 8 heteroatoms. The van der Waals surface area contributed by atoms with E-state index in [2.05, 4.69) is 4.52 Å². The Morgan fingerprint density at radius 2 is 1.77 bits per heavy atom. The van der Waals surface area contributed by atoms with Gasteiger partial charge in [-0.2, -0.15) is 0 Å². The van der Waals surface area contributed by atoms with Crippen molar-refractivity contribution in [1.82, 2.24) is 0 Å². The summed E-state index contributed by atoms with van der Waals surface area (Å²) in [6.45, 7) is -0.216. The average molecular weight is 271 g/mol. The molecule has 0 heterocycles. The Bertz CT molecular complexity index is 183. The highest BCUT2D eigenvalue weighted by Gasteiger charge is 2.17. The third-order valence-electron chi connectivity index (χ3n) is 1.12. The third-order valence-corrected chi connectivity index (χ3v) is 2.39. The highest BCUT2D eigenvalue weighted by molar-refractivity contribution is 7.46. The maximum absolute atomic E-state index is 10.2. The van der Waals surface area contributed by atoms with Crippen LogP contribution in [0.4, 0.5) is 0 Å². The molecule has 0 spiro atoms. The van der Waals surface area contributed by atoms with Crippen LogP contribution < -0.4 is 0 Å². The van der Waals surface area contributed by atoms with Crippen molar-refractivity contribution in [2.24, 2.45) is 0 Å². The molecule has 1 unspecified atom stereocenters. The Labute approximate surface area is 91.4 Å².